The maximum absolute atomic E-state index is 12.1. The number of urea groups is 1. The highest BCUT2D eigenvalue weighted by Crippen LogP contribution is 2.42. The molecule has 5 nitrogen and oxygen atoms in total. The Morgan fingerprint density at radius 1 is 1.35 bits per heavy atom. The number of benzene rings is 1. The van der Waals surface area contributed by atoms with Crippen molar-refractivity contribution in [3.63, 3.8) is 0 Å². The van der Waals surface area contributed by atoms with Crippen LogP contribution in [0.3, 0.4) is 0 Å². The summed E-state index contributed by atoms with van der Waals surface area (Å²) in [5.74, 6) is -0.142. The third kappa shape index (κ3) is 1.43. The normalized spacial score (nSPS) is 20.9. The molecule has 1 saturated heterocycles. The fraction of sp³-hybridized carbons (Fsp3) is 0.333. The molecule has 1 spiro atoms. The van der Waals surface area contributed by atoms with E-state index in [1.54, 1.807) is 18.2 Å². The van der Waals surface area contributed by atoms with Crippen LogP contribution in [-0.2, 0) is 11.3 Å². The Kier molecular flexibility index (Phi) is 2.00. The number of anilines is 1. The number of carbonyl (C=O) groups excluding carboxylic acids is 2. The number of carbonyl (C=O) groups is 2. The first kappa shape index (κ1) is 10.3. The van der Waals surface area contributed by atoms with Gasteiger partial charge in [0.2, 0.25) is 0 Å². The van der Waals surface area contributed by atoms with Crippen molar-refractivity contribution in [2.45, 2.75) is 24.9 Å². The first-order valence-electron chi connectivity index (χ1n) is 5.62. The Labute approximate surface area is 98.6 Å². The lowest BCUT2D eigenvalue weighted by atomic mass is 10.2. The van der Waals surface area contributed by atoms with Crippen LogP contribution < -0.4 is 16.0 Å². The predicted molar refractivity (Wildman–Crippen MR) is 62.3 cm³/mol. The predicted octanol–water partition coefficient (Wildman–Crippen LogP) is 0.734. The van der Waals surface area contributed by atoms with Crippen LogP contribution in [0.25, 0.3) is 0 Å². The molecule has 2 fully saturated rings. The van der Waals surface area contributed by atoms with Gasteiger partial charge in [-0.05, 0) is 30.5 Å². The zero-order valence-electron chi connectivity index (χ0n) is 9.27. The maximum Gasteiger partial charge on any atom is 0.329 e. The van der Waals surface area contributed by atoms with Crippen LogP contribution in [0.1, 0.15) is 18.4 Å². The molecule has 1 heterocycles. The van der Waals surface area contributed by atoms with Crippen molar-refractivity contribution in [2.24, 2.45) is 5.73 Å². The second-order valence-electron chi connectivity index (χ2n) is 4.53. The molecule has 88 valence electrons. The summed E-state index contributed by atoms with van der Waals surface area (Å²) in [5.41, 5.74) is 6.45. The minimum atomic E-state index is -0.601. The quantitative estimate of drug-likeness (QED) is 0.737. The molecule has 3 amide bonds. The molecule has 0 atom stereocenters. The van der Waals surface area contributed by atoms with Gasteiger partial charge in [0.15, 0.2) is 0 Å². The molecule has 1 aliphatic heterocycles. The van der Waals surface area contributed by atoms with Crippen molar-refractivity contribution in [3.05, 3.63) is 29.8 Å². The van der Waals surface area contributed by atoms with E-state index in [-0.39, 0.29) is 11.9 Å². The summed E-state index contributed by atoms with van der Waals surface area (Å²) < 4.78 is 0. The van der Waals surface area contributed by atoms with Gasteiger partial charge >= 0.3 is 6.03 Å². The largest absolute Gasteiger partial charge is 0.329 e. The van der Waals surface area contributed by atoms with E-state index >= 15 is 0 Å². The van der Waals surface area contributed by atoms with Gasteiger partial charge in [-0.15, -0.1) is 0 Å². The van der Waals surface area contributed by atoms with E-state index in [9.17, 15) is 9.59 Å². The summed E-state index contributed by atoms with van der Waals surface area (Å²) in [4.78, 5) is 25.1. The van der Waals surface area contributed by atoms with Gasteiger partial charge in [-0.3, -0.25) is 4.79 Å². The minimum Gasteiger partial charge on any atom is -0.326 e. The highest BCUT2D eigenvalue weighted by molar-refractivity contribution is 6.24. The third-order valence-corrected chi connectivity index (χ3v) is 3.32. The van der Waals surface area contributed by atoms with E-state index in [1.165, 1.54) is 4.90 Å². The highest BCUT2D eigenvalue weighted by atomic mass is 16.2. The Hall–Kier alpha value is -1.88. The Bertz CT molecular complexity index is 508. The van der Waals surface area contributed by atoms with Crippen molar-refractivity contribution in [2.75, 3.05) is 4.90 Å². The van der Waals surface area contributed by atoms with Gasteiger partial charge < -0.3 is 11.1 Å². The van der Waals surface area contributed by atoms with Gasteiger partial charge in [0.1, 0.15) is 5.54 Å². The number of amides is 3. The van der Waals surface area contributed by atoms with Crippen molar-refractivity contribution >= 4 is 17.6 Å². The molecule has 3 N–H and O–H groups in total. The van der Waals surface area contributed by atoms with Gasteiger partial charge in [-0.1, -0.05) is 12.1 Å². The fourth-order valence-corrected chi connectivity index (χ4v) is 2.14. The molecule has 1 saturated carbocycles. The summed E-state index contributed by atoms with van der Waals surface area (Å²) in [5, 5.41) is 2.75. The van der Waals surface area contributed by atoms with Crippen LogP contribution in [-0.4, -0.2) is 17.5 Å². The standard InChI is InChI=1S/C12H13N3O2/c13-7-8-2-1-3-9(6-8)15-10(16)12(4-5-12)14-11(15)17/h1-3,6H,4-5,7,13H2,(H,14,17). The lowest BCUT2D eigenvalue weighted by molar-refractivity contribution is -0.119. The van der Waals surface area contributed by atoms with Gasteiger partial charge in [-0.2, -0.15) is 0 Å². The van der Waals surface area contributed by atoms with Gasteiger partial charge in [0, 0.05) is 6.54 Å². The van der Waals surface area contributed by atoms with Crippen LogP contribution in [0.5, 0.6) is 0 Å². The van der Waals surface area contributed by atoms with E-state index in [4.69, 9.17) is 5.73 Å². The van der Waals surface area contributed by atoms with Crippen molar-refractivity contribution < 1.29 is 9.59 Å². The topological polar surface area (TPSA) is 75.4 Å². The molecule has 3 rings (SSSR count). The van der Waals surface area contributed by atoms with E-state index in [0.717, 1.165) is 18.4 Å². The minimum absolute atomic E-state index is 0.142. The van der Waals surface area contributed by atoms with E-state index < -0.39 is 5.54 Å². The number of hydrogen-bond acceptors (Lipinski definition) is 3. The molecule has 0 bridgehead atoms. The molecule has 5 heteroatoms. The number of rotatable bonds is 2. The number of nitrogens with zero attached hydrogens (tertiary/aromatic N) is 1. The van der Waals surface area contributed by atoms with Crippen LogP contribution in [0.15, 0.2) is 24.3 Å². The monoisotopic (exact) mass is 231 g/mol. The Morgan fingerprint density at radius 3 is 2.71 bits per heavy atom. The van der Waals surface area contributed by atoms with Crippen molar-refractivity contribution in [1.82, 2.24) is 5.32 Å². The first-order valence-corrected chi connectivity index (χ1v) is 5.62. The first-order chi connectivity index (χ1) is 8.16. The maximum atomic E-state index is 12.1. The second-order valence-corrected chi connectivity index (χ2v) is 4.53. The van der Waals surface area contributed by atoms with Crippen LogP contribution in [0, 0.1) is 0 Å². The molecule has 1 aromatic rings. The van der Waals surface area contributed by atoms with Crippen LogP contribution in [0.2, 0.25) is 0 Å². The lowest BCUT2D eigenvalue weighted by Gasteiger charge is -2.13. The molecule has 17 heavy (non-hydrogen) atoms. The molecular weight excluding hydrogens is 218 g/mol. The van der Waals surface area contributed by atoms with Gasteiger partial charge in [0.05, 0.1) is 5.69 Å². The van der Waals surface area contributed by atoms with E-state index in [0.29, 0.717) is 12.2 Å². The number of nitrogens with one attached hydrogen (secondary N) is 1. The molecule has 1 aliphatic carbocycles. The average molecular weight is 231 g/mol. The van der Waals surface area contributed by atoms with Crippen molar-refractivity contribution in [1.29, 1.82) is 0 Å². The van der Waals surface area contributed by atoms with E-state index in [1.807, 2.05) is 6.07 Å². The molecule has 1 aromatic carbocycles. The molecule has 0 unspecified atom stereocenters. The summed E-state index contributed by atoms with van der Waals surface area (Å²) in [6.07, 6.45) is 1.48. The summed E-state index contributed by atoms with van der Waals surface area (Å²) in [6, 6.07) is 6.86. The number of hydrogen-bond donors (Lipinski definition) is 2. The van der Waals surface area contributed by atoms with Crippen LogP contribution in [0.4, 0.5) is 10.5 Å². The molecule has 2 aliphatic rings. The summed E-state index contributed by atoms with van der Waals surface area (Å²) >= 11 is 0. The smallest absolute Gasteiger partial charge is 0.326 e. The number of imide groups is 1. The summed E-state index contributed by atoms with van der Waals surface area (Å²) in [7, 11) is 0. The average Bonchev–Trinajstić information content (AvgIpc) is 3.05. The fourth-order valence-electron chi connectivity index (χ4n) is 2.14. The SMILES string of the molecule is NCc1cccc(N2C(=O)NC3(CC3)C2=O)c1. The lowest BCUT2D eigenvalue weighted by Crippen LogP contribution is -2.32. The molecular formula is C12H13N3O2. The van der Waals surface area contributed by atoms with Gasteiger partial charge in [-0.25, -0.2) is 9.69 Å². The Morgan fingerprint density at radius 2 is 2.12 bits per heavy atom. The zero-order valence-corrected chi connectivity index (χ0v) is 9.27. The van der Waals surface area contributed by atoms with Crippen molar-refractivity contribution in [3.8, 4) is 0 Å². The highest BCUT2D eigenvalue weighted by Gasteiger charge is 2.59. The molecule has 0 radical (unpaired) electrons. The number of nitrogens with two attached hydrogens (primary N) is 1. The third-order valence-electron chi connectivity index (χ3n) is 3.32. The van der Waals surface area contributed by atoms with E-state index in [2.05, 4.69) is 5.32 Å². The summed E-state index contributed by atoms with van der Waals surface area (Å²) in [6.45, 7) is 0.392. The second kappa shape index (κ2) is 3.30. The Balaban J connectivity index is 1.98. The zero-order chi connectivity index (χ0) is 12.0. The molecule has 0 aromatic heterocycles. The van der Waals surface area contributed by atoms with Gasteiger partial charge in [0.25, 0.3) is 5.91 Å². The van der Waals surface area contributed by atoms with Crippen LogP contribution >= 0.6 is 0 Å².